The summed E-state index contributed by atoms with van der Waals surface area (Å²) in [6.45, 7) is 4.20. The Morgan fingerprint density at radius 1 is 0.800 bits per heavy atom. The van der Waals surface area contributed by atoms with Crippen LogP contribution in [0.5, 0.6) is 0 Å². The van der Waals surface area contributed by atoms with Crippen LogP contribution in [0.15, 0.2) is 66.7 Å². The largest absolute Gasteiger partial charge is 0.318 e. The summed E-state index contributed by atoms with van der Waals surface area (Å²) in [5.41, 5.74) is 9.72. The average molecular weight is 261 g/mol. The van der Waals surface area contributed by atoms with Gasteiger partial charge in [0.25, 0.3) is 0 Å². The van der Waals surface area contributed by atoms with Crippen LogP contribution < -0.4 is 5.73 Å². The van der Waals surface area contributed by atoms with Crippen molar-refractivity contribution in [3.63, 3.8) is 0 Å². The van der Waals surface area contributed by atoms with E-state index in [4.69, 9.17) is 5.73 Å². The number of rotatable bonds is 2. The molecular formula is C19H19N. The van der Waals surface area contributed by atoms with E-state index in [0.717, 1.165) is 5.56 Å². The number of nitrogens with two attached hydrogens (primary N) is 1. The molecule has 20 heavy (non-hydrogen) atoms. The highest BCUT2D eigenvalue weighted by molar-refractivity contribution is 5.83. The van der Waals surface area contributed by atoms with Crippen LogP contribution in [0, 0.1) is 6.92 Å². The minimum absolute atomic E-state index is 0.477. The van der Waals surface area contributed by atoms with Gasteiger partial charge in [0.2, 0.25) is 0 Å². The standard InChI is InChI=1S/C19H19N/c1-14-7-3-6-10-18(14)19(2,20)17-12-11-15-8-4-5-9-16(15)13-17/h3-13H,20H2,1-2H3. The predicted octanol–water partition coefficient (Wildman–Crippen LogP) is 4.37. The highest BCUT2D eigenvalue weighted by Gasteiger charge is 2.25. The summed E-state index contributed by atoms with van der Waals surface area (Å²) in [6, 6.07) is 23.2. The third-order valence-corrected chi connectivity index (χ3v) is 4.05. The Hall–Kier alpha value is -2.12. The van der Waals surface area contributed by atoms with Gasteiger partial charge in [0.15, 0.2) is 0 Å². The van der Waals surface area contributed by atoms with Gasteiger partial charge in [-0.1, -0.05) is 60.7 Å². The average Bonchev–Trinajstić information content (AvgIpc) is 2.47. The summed E-state index contributed by atoms with van der Waals surface area (Å²) < 4.78 is 0. The van der Waals surface area contributed by atoms with E-state index in [1.54, 1.807) is 0 Å². The summed E-state index contributed by atoms with van der Waals surface area (Å²) in [5, 5.41) is 2.48. The number of benzene rings is 3. The molecular weight excluding hydrogens is 242 g/mol. The molecule has 1 unspecified atom stereocenters. The molecule has 0 aliphatic carbocycles. The van der Waals surface area contributed by atoms with Gasteiger partial charge in [-0.2, -0.15) is 0 Å². The van der Waals surface area contributed by atoms with Gasteiger partial charge in [-0.3, -0.25) is 0 Å². The van der Waals surface area contributed by atoms with Crippen LogP contribution in [0.4, 0.5) is 0 Å². The fourth-order valence-electron chi connectivity index (χ4n) is 2.82. The monoisotopic (exact) mass is 261 g/mol. The van der Waals surface area contributed by atoms with Gasteiger partial charge >= 0.3 is 0 Å². The molecule has 0 aliphatic heterocycles. The minimum Gasteiger partial charge on any atom is -0.318 e. The van der Waals surface area contributed by atoms with Gasteiger partial charge in [-0.25, -0.2) is 0 Å². The van der Waals surface area contributed by atoms with E-state index >= 15 is 0 Å². The van der Waals surface area contributed by atoms with Crippen LogP contribution in [0.25, 0.3) is 10.8 Å². The van der Waals surface area contributed by atoms with E-state index in [9.17, 15) is 0 Å². The zero-order valence-corrected chi connectivity index (χ0v) is 11.9. The third kappa shape index (κ3) is 2.10. The van der Waals surface area contributed by atoms with Crippen LogP contribution in [-0.2, 0) is 5.54 Å². The van der Waals surface area contributed by atoms with Crippen molar-refractivity contribution in [1.29, 1.82) is 0 Å². The van der Waals surface area contributed by atoms with E-state index in [1.807, 2.05) is 0 Å². The maximum absolute atomic E-state index is 6.65. The summed E-state index contributed by atoms with van der Waals surface area (Å²) in [7, 11) is 0. The molecule has 1 nitrogen and oxygen atoms in total. The zero-order valence-electron chi connectivity index (χ0n) is 11.9. The van der Waals surface area contributed by atoms with Crippen molar-refractivity contribution in [2.45, 2.75) is 19.4 Å². The molecule has 0 fully saturated rings. The topological polar surface area (TPSA) is 26.0 Å². The van der Waals surface area contributed by atoms with E-state index < -0.39 is 5.54 Å². The number of aryl methyl sites for hydroxylation is 1. The normalized spacial score (nSPS) is 14.2. The Morgan fingerprint density at radius 3 is 2.20 bits per heavy atom. The quantitative estimate of drug-likeness (QED) is 0.728. The highest BCUT2D eigenvalue weighted by Crippen LogP contribution is 2.30. The SMILES string of the molecule is Cc1ccccc1C(C)(N)c1ccc2ccccc2c1. The lowest BCUT2D eigenvalue weighted by molar-refractivity contribution is 0.600. The number of fused-ring (bicyclic) bond motifs is 1. The Labute approximate surface area is 120 Å². The predicted molar refractivity (Wildman–Crippen MR) is 85.8 cm³/mol. The first kappa shape index (κ1) is 12.9. The van der Waals surface area contributed by atoms with E-state index in [2.05, 4.69) is 80.6 Å². The maximum Gasteiger partial charge on any atom is 0.0639 e. The Balaban J connectivity index is 2.16. The van der Waals surface area contributed by atoms with Crippen molar-refractivity contribution in [1.82, 2.24) is 0 Å². The molecule has 3 aromatic rings. The highest BCUT2D eigenvalue weighted by atomic mass is 14.7. The van der Waals surface area contributed by atoms with Gasteiger partial charge in [-0.15, -0.1) is 0 Å². The Morgan fingerprint density at radius 2 is 1.45 bits per heavy atom. The lowest BCUT2D eigenvalue weighted by atomic mass is 9.82. The Bertz CT molecular complexity index is 756. The number of hydrogen-bond donors (Lipinski definition) is 1. The van der Waals surface area contributed by atoms with E-state index in [1.165, 1.54) is 21.9 Å². The van der Waals surface area contributed by atoms with Gasteiger partial charge < -0.3 is 5.73 Å². The second kappa shape index (κ2) is 4.77. The van der Waals surface area contributed by atoms with Crippen LogP contribution in [0.2, 0.25) is 0 Å². The molecule has 0 aliphatic rings. The lowest BCUT2D eigenvalue weighted by Crippen LogP contribution is -2.35. The maximum atomic E-state index is 6.65. The first-order chi connectivity index (χ1) is 9.59. The third-order valence-electron chi connectivity index (χ3n) is 4.05. The molecule has 3 aromatic carbocycles. The fourth-order valence-corrected chi connectivity index (χ4v) is 2.82. The van der Waals surface area contributed by atoms with Crippen molar-refractivity contribution >= 4 is 10.8 Å². The second-order valence-electron chi connectivity index (χ2n) is 5.58. The molecule has 3 rings (SSSR count). The van der Waals surface area contributed by atoms with Crippen LogP contribution >= 0.6 is 0 Å². The summed E-state index contributed by atoms with van der Waals surface area (Å²) >= 11 is 0. The van der Waals surface area contributed by atoms with Crippen molar-refractivity contribution in [3.05, 3.63) is 83.4 Å². The first-order valence-corrected chi connectivity index (χ1v) is 6.93. The molecule has 0 heterocycles. The van der Waals surface area contributed by atoms with Gasteiger partial charge in [0, 0.05) is 0 Å². The molecule has 100 valence electrons. The minimum atomic E-state index is -0.477. The molecule has 0 bridgehead atoms. The van der Waals surface area contributed by atoms with Crippen LogP contribution in [0.3, 0.4) is 0 Å². The second-order valence-corrected chi connectivity index (χ2v) is 5.58. The van der Waals surface area contributed by atoms with Crippen molar-refractivity contribution < 1.29 is 0 Å². The molecule has 1 heteroatoms. The molecule has 0 saturated carbocycles. The fraction of sp³-hybridized carbons (Fsp3) is 0.158. The molecule has 0 aromatic heterocycles. The first-order valence-electron chi connectivity index (χ1n) is 6.93. The number of hydrogen-bond acceptors (Lipinski definition) is 1. The van der Waals surface area contributed by atoms with Crippen molar-refractivity contribution in [3.8, 4) is 0 Å². The van der Waals surface area contributed by atoms with E-state index in [0.29, 0.717) is 0 Å². The summed E-state index contributed by atoms with van der Waals surface area (Å²) in [5.74, 6) is 0. The van der Waals surface area contributed by atoms with Gasteiger partial charge in [0.1, 0.15) is 0 Å². The van der Waals surface area contributed by atoms with E-state index in [-0.39, 0.29) is 0 Å². The molecule has 0 amide bonds. The van der Waals surface area contributed by atoms with Crippen molar-refractivity contribution in [2.24, 2.45) is 5.73 Å². The Kier molecular flexibility index (Phi) is 3.07. The van der Waals surface area contributed by atoms with Crippen molar-refractivity contribution in [2.75, 3.05) is 0 Å². The molecule has 0 radical (unpaired) electrons. The summed E-state index contributed by atoms with van der Waals surface area (Å²) in [4.78, 5) is 0. The van der Waals surface area contributed by atoms with Crippen LogP contribution in [0.1, 0.15) is 23.6 Å². The lowest BCUT2D eigenvalue weighted by Gasteiger charge is -2.28. The zero-order chi connectivity index (χ0) is 14.2. The van der Waals surface area contributed by atoms with Gasteiger partial charge in [0.05, 0.1) is 5.54 Å². The molecule has 2 N–H and O–H groups in total. The van der Waals surface area contributed by atoms with Crippen LogP contribution in [-0.4, -0.2) is 0 Å². The molecule has 0 saturated heterocycles. The molecule has 1 atom stereocenters. The molecule has 0 spiro atoms. The van der Waals surface area contributed by atoms with Gasteiger partial charge in [-0.05, 0) is 47.4 Å². The smallest absolute Gasteiger partial charge is 0.0639 e. The summed E-state index contributed by atoms with van der Waals surface area (Å²) in [6.07, 6.45) is 0.